The van der Waals surface area contributed by atoms with Gasteiger partial charge in [-0.15, -0.1) is 0 Å². The molecule has 2 rings (SSSR count). The van der Waals surface area contributed by atoms with Crippen molar-refractivity contribution in [1.82, 2.24) is 0 Å². The molecule has 25 heavy (non-hydrogen) atoms. The second-order valence-electron chi connectivity index (χ2n) is 5.49. The van der Waals surface area contributed by atoms with Gasteiger partial charge in [0.25, 0.3) is 0 Å². The fourth-order valence-electron chi connectivity index (χ4n) is 2.20. The zero-order valence-corrected chi connectivity index (χ0v) is 15.1. The summed E-state index contributed by atoms with van der Waals surface area (Å²) in [5.74, 6) is -0.479. The summed E-state index contributed by atoms with van der Waals surface area (Å²) in [4.78, 5) is 15.2. The van der Waals surface area contributed by atoms with Crippen molar-refractivity contribution in [3.05, 3.63) is 52.0 Å². The highest BCUT2D eigenvalue weighted by molar-refractivity contribution is 6.32. The quantitative estimate of drug-likeness (QED) is 0.733. The minimum Gasteiger partial charge on any atom is -0.490 e. The first-order valence-electron chi connectivity index (χ1n) is 7.83. The number of nitrogens with zero attached hydrogens (tertiary/aromatic N) is 1. The van der Waals surface area contributed by atoms with E-state index in [0.717, 1.165) is 22.4 Å². The molecular weight excluding hydrogens is 342 g/mol. The Labute approximate surface area is 151 Å². The Morgan fingerprint density at radius 2 is 2.00 bits per heavy atom. The summed E-state index contributed by atoms with van der Waals surface area (Å²) in [6.07, 6.45) is 1.69. The summed E-state index contributed by atoms with van der Waals surface area (Å²) >= 11 is 6.23. The van der Waals surface area contributed by atoms with Crippen LogP contribution in [0.15, 0.2) is 35.3 Å². The maximum absolute atomic E-state index is 10.7. The molecule has 0 unspecified atom stereocenters. The van der Waals surface area contributed by atoms with Crippen LogP contribution in [0.2, 0.25) is 5.02 Å². The summed E-state index contributed by atoms with van der Waals surface area (Å²) in [5, 5.41) is 9.04. The minimum atomic E-state index is -1.08. The van der Waals surface area contributed by atoms with Crippen molar-refractivity contribution in [2.75, 3.05) is 13.2 Å². The van der Waals surface area contributed by atoms with Gasteiger partial charge in [-0.2, -0.15) is 0 Å². The van der Waals surface area contributed by atoms with Crippen molar-refractivity contribution >= 4 is 29.5 Å². The van der Waals surface area contributed by atoms with Crippen LogP contribution in [0.5, 0.6) is 11.5 Å². The van der Waals surface area contributed by atoms with Crippen LogP contribution in [0.3, 0.4) is 0 Å². The van der Waals surface area contributed by atoms with E-state index < -0.39 is 12.6 Å². The van der Waals surface area contributed by atoms with Gasteiger partial charge in [-0.3, -0.25) is 4.99 Å². The lowest BCUT2D eigenvalue weighted by atomic mass is 10.1. The number of carbonyl (C=O) groups is 1. The van der Waals surface area contributed by atoms with Crippen LogP contribution in [0.4, 0.5) is 5.69 Å². The van der Waals surface area contributed by atoms with Crippen molar-refractivity contribution in [3.8, 4) is 11.5 Å². The smallest absolute Gasteiger partial charge is 0.341 e. The number of hydrogen-bond donors (Lipinski definition) is 1. The van der Waals surface area contributed by atoms with Gasteiger partial charge in [-0.1, -0.05) is 23.7 Å². The molecule has 0 fully saturated rings. The first kappa shape index (κ1) is 18.8. The summed E-state index contributed by atoms with van der Waals surface area (Å²) in [7, 11) is 0. The third kappa shape index (κ3) is 5.22. The highest BCUT2D eigenvalue weighted by Gasteiger charge is 2.13. The lowest BCUT2D eigenvalue weighted by molar-refractivity contribution is -0.139. The Kier molecular flexibility index (Phi) is 6.42. The molecule has 0 saturated carbocycles. The topological polar surface area (TPSA) is 68.1 Å². The Morgan fingerprint density at radius 3 is 2.68 bits per heavy atom. The maximum atomic E-state index is 10.7. The molecular formula is C19H20ClNO4. The van der Waals surface area contributed by atoms with E-state index in [1.165, 1.54) is 0 Å². The van der Waals surface area contributed by atoms with E-state index in [-0.39, 0.29) is 10.8 Å². The maximum Gasteiger partial charge on any atom is 0.341 e. The van der Waals surface area contributed by atoms with E-state index in [2.05, 4.69) is 4.99 Å². The van der Waals surface area contributed by atoms with Crippen LogP contribution < -0.4 is 9.47 Å². The highest BCUT2D eigenvalue weighted by Crippen LogP contribution is 2.36. The summed E-state index contributed by atoms with van der Waals surface area (Å²) in [5.41, 5.74) is 3.81. The average Bonchev–Trinajstić information content (AvgIpc) is 2.55. The number of carboxylic acid groups (broad SMARTS) is 1. The molecule has 0 radical (unpaired) electrons. The standard InChI is InChI=1S/C19H20ClNO4/c1-4-24-17-9-14(8-15(20)19(17)25-11-18(22)23)10-21-16-7-12(2)5-6-13(16)3/h5-10H,4,11H2,1-3H3,(H,22,23). The molecule has 132 valence electrons. The van der Waals surface area contributed by atoms with Gasteiger partial charge in [0, 0.05) is 6.21 Å². The number of hydrogen-bond acceptors (Lipinski definition) is 4. The molecule has 0 saturated heterocycles. The second kappa shape index (κ2) is 8.53. The van der Waals surface area contributed by atoms with Crippen LogP contribution in [-0.4, -0.2) is 30.5 Å². The van der Waals surface area contributed by atoms with Crippen molar-refractivity contribution in [1.29, 1.82) is 0 Å². The van der Waals surface area contributed by atoms with Gasteiger partial charge < -0.3 is 14.6 Å². The van der Waals surface area contributed by atoms with Crippen LogP contribution in [0, 0.1) is 13.8 Å². The largest absolute Gasteiger partial charge is 0.490 e. The second-order valence-corrected chi connectivity index (χ2v) is 5.90. The van der Waals surface area contributed by atoms with E-state index in [1.807, 2.05) is 39.0 Å². The summed E-state index contributed by atoms with van der Waals surface area (Å²) in [6.45, 7) is 5.74. The third-order valence-corrected chi connectivity index (χ3v) is 3.67. The monoisotopic (exact) mass is 361 g/mol. The molecule has 0 bridgehead atoms. The molecule has 0 aliphatic rings. The molecule has 6 heteroatoms. The first-order valence-corrected chi connectivity index (χ1v) is 8.20. The summed E-state index contributed by atoms with van der Waals surface area (Å²) in [6, 6.07) is 9.44. The number of rotatable bonds is 7. The Hall–Kier alpha value is -2.53. The zero-order chi connectivity index (χ0) is 18.4. The molecule has 2 aromatic rings. The van der Waals surface area contributed by atoms with Gasteiger partial charge in [0.15, 0.2) is 18.1 Å². The Morgan fingerprint density at radius 1 is 1.24 bits per heavy atom. The van der Waals surface area contributed by atoms with Crippen LogP contribution in [0.1, 0.15) is 23.6 Å². The minimum absolute atomic E-state index is 0.217. The van der Waals surface area contributed by atoms with E-state index in [1.54, 1.807) is 18.3 Å². The highest BCUT2D eigenvalue weighted by atomic mass is 35.5. The van der Waals surface area contributed by atoms with Gasteiger partial charge in [0.2, 0.25) is 0 Å². The molecule has 1 N–H and O–H groups in total. The fourth-order valence-corrected chi connectivity index (χ4v) is 2.48. The number of carboxylic acids is 1. The normalized spacial score (nSPS) is 10.9. The van der Waals surface area contributed by atoms with Gasteiger partial charge in [-0.05, 0) is 55.7 Å². The predicted molar refractivity (Wildman–Crippen MR) is 98.9 cm³/mol. The van der Waals surface area contributed by atoms with Gasteiger partial charge in [0.1, 0.15) is 0 Å². The van der Waals surface area contributed by atoms with Crippen LogP contribution >= 0.6 is 11.6 Å². The van der Waals surface area contributed by atoms with E-state index in [4.69, 9.17) is 26.2 Å². The lowest BCUT2D eigenvalue weighted by Crippen LogP contribution is -2.11. The number of benzene rings is 2. The summed E-state index contributed by atoms with van der Waals surface area (Å²) < 4.78 is 10.8. The van der Waals surface area contributed by atoms with E-state index in [0.29, 0.717) is 12.4 Å². The number of aliphatic imine (C=N–C) groups is 1. The molecule has 0 atom stereocenters. The van der Waals surface area contributed by atoms with Crippen molar-refractivity contribution < 1.29 is 19.4 Å². The van der Waals surface area contributed by atoms with Crippen molar-refractivity contribution in [2.24, 2.45) is 4.99 Å². The number of aliphatic carboxylic acids is 1. The fraction of sp³-hybridized carbons (Fsp3) is 0.263. The molecule has 0 heterocycles. The molecule has 0 spiro atoms. The molecule has 0 amide bonds. The zero-order valence-electron chi connectivity index (χ0n) is 14.4. The number of aryl methyl sites for hydroxylation is 2. The van der Waals surface area contributed by atoms with Crippen LogP contribution in [0.25, 0.3) is 0 Å². The first-order chi connectivity index (χ1) is 11.9. The molecule has 0 aliphatic heterocycles. The van der Waals surface area contributed by atoms with Gasteiger partial charge in [0.05, 0.1) is 17.3 Å². The average molecular weight is 362 g/mol. The SMILES string of the molecule is CCOc1cc(C=Nc2cc(C)ccc2C)cc(Cl)c1OCC(=O)O. The van der Waals surface area contributed by atoms with Gasteiger partial charge >= 0.3 is 5.97 Å². The van der Waals surface area contributed by atoms with E-state index >= 15 is 0 Å². The number of halogens is 1. The molecule has 5 nitrogen and oxygen atoms in total. The Bertz CT molecular complexity index is 802. The third-order valence-electron chi connectivity index (χ3n) is 3.39. The van der Waals surface area contributed by atoms with Crippen LogP contribution in [-0.2, 0) is 4.79 Å². The Balaban J connectivity index is 2.33. The molecule has 0 aromatic heterocycles. The molecule has 2 aromatic carbocycles. The predicted octanol–water partition coefficient (Wildman–Crippen LogP) is 4.57. The van der Waals surface area contributed by atoms with Crippen molar-refractivity contribution in [2.45, 2.75) is 20.8 Å². The van der Waals surface area contributed by atoms with Crippen molar-refractivity contribution in [3.63, 3.8) is 0 Å². The lowest BCUT2D eigenvalue weighted by Gasteiger charge is -2.13. The van der Waals surface area contributed by atoms with E-state index in [9.17, 15) is 4.79 Å². The molecule has 0 aliphatic carbocycles. The number of ether oxygens (including phenoxy) is 2. The van der Waals surface area contributed by atoms with Gasteiger partial charge in [-0.25, -0.2) is 4.79 Å².